The number of cyclic esters (lactones) is 2. The molecule has 1 atom stereocenters. The molecule has 2 rings (SSSR count). The molecular weight excluding hydrogens is 228 g/mol. The lowest BCUT2D eigenvalue weighted by Gasteiger charge is -2.30. The van der Waals surface area contributed by atoms with Crippen molar-refractivity contribution in [3.63, 3.8) is 0 Å². The summed E-state index contributed by atoms with van der Waals surface area (Å²) in [6.45, 7) is 1.14. The van der Waals surface area contributed by atoms with Crippen molar-refractivity contribution in [1.82, 2.24) is 0 Å². The minimum absolute atomic E-state index is 0.0956. The Balaban J connectivity index is 2.48. The lowest BCUT2D eigenvalue weighted by molar-refractivity contribution is -0.342. The summed E-state index contributed by atoms with van der Waals surface area (Å²) in [5, 5.41) is 19.0. The van der Waals surface area contributed by atoms with Crippen LogP contribution in [0.5, 0.6) is 0 Å². The van der Waals surface area contributed by atoms with Gasteiger partial charge in [0.15, 0.2) is 6.10 Å². The highest BCUT2D eigenvalue weighted by Crippen LogP contribution is 2.23. The highest BCUT2D eigenvalue weighted by molar-refractivity contribution is 5.96. The predicted molar refractivity (Wildman–Crippen MR) is 53.9 cm³/mol. The highest BCUT2D eigenvalue weighted by atomic mass is 16.8. The molecule has 1 unspecified atom stereocenters. The van der Waals surface area contributed by atoms with Gasteiger partial charge >= 0.3 is 17.9 Å². The average Bonchev–Trinajstić information content (AvgIpc) is 2.27. The standard InChI is InChI=1S/C11H10O6/c1-6(12)11(15)16-9(13)7-3-2-4-8(5-7)10(14)17-11/h2-6,12,15H,1H3. The monoisotopic (exact) mass is 238 g/mol. The second kappa shape index (κ2) is 3.83. The van der Waals surface area contributed by atoms with Crippen molar-refractivity contribution in [1.29, 1.82) is 0 Å². The van der Waals surface area contributed by atoms with Gasteiger partial charge in [-0.3, -0.25) is 0 Å². The fraction of sp³-hybridized carbons (Fsp3) is 0.273. The Morgan fingerprint density at radius 3 is 2.06 bits per heavy atom. The Morgan fingerprint density at radius 1 is 1.18 bits per heavy atom. The SMILES string of the molecule is CC(O)C1(O)OC(=O)c2cccc(c2)C(=O)O1. The Labute approximate surface area is 96.4 Å². The summed E-state index contributed by atoms with van der Waals surface area (Å²) >= 11 is 0. The molecule has 6 nitrogen and oxygen atoms in total. The van der Waals surface area contributed by atoms with E-state index in [0.717, 1.165) is 6.92 Å². The number of esters is 2. The van der Waals surface area contributed by atoms with E-state index in [1.54, 1.807) is 0 Å². The molecule has 0 aliphatic carbocycles. The van der Waals surface area contributed by atoms with Gasteiger partial charge in [-0.25, -0.2) is 9.59 Å². The molecule has 0 spiro atoms. The number of carbonyl (C=O) groups is 2. The molecule has 1 aliphatic rings. The number of carbonyl (C=O) groups excluding carboxylic acids is 2. The summed E-state index contributed by atoms with van der Waals surface area (Å²) in [4.78, 5) is 23.1. The summed E-state index contributed by atoms with van der Waals surface area (Å²) in [6, 6.07) is 5.62. The van der Waals surface area contributed by atoms with E-state index >= 15 is 0 Å². The molecule has 1 aromatic rings. The van der Waals surface area contributed by atoms with Gasteiger partial charge in [-0.1, -0.05) is 6.07 Å². The number of hydrogen-bond acceptors (Lipinski definition) is 6. The zero-order valence-electron chi connectivity index (χ0n) is 8.91. The fourth-order valence-corrected chi connectivity index (χ4v) is 1.35. The Hall–Kier alpha value is -1.92. The molecule has 0 aromatic heterocycles. The first-order valence-corrected chi connectivity index (χ1v) is 4.89. The molecule has 1 aromatic carbocycles. The number of ether oxygens (including phenoxy) is 2. The number of aliphatic hydroxyl groups is 2. The smallest absolute Gasteiger partial charge is 0.392 e. The first-order chi connectivity index (χ1) is 7.92. The molecule has 0 fully saturated rings. The third-order valence-electron chi connectivity index (χ3n) is 2.34. The van der Waals surface area contributed by atoms with Crippen molar-refractivity contribution < 1.29 is 29.3 Å². The Morgan fingerprint density at radius 2 is 1.65 bits per heavy atom. The lowest BCUT2D eigenvalue weighted by Crippen LogP contribution is -2.49. The second-order valence-electron chi connectivity index (χ2n) is 3.67. The van der Waals surface area contributed by atoms with E-state index < -0.39 is 24.0 Å². The van der Waals surface area contributed by atoms with E-state index in [1.165, 1.54) is 24.3 Å². The zero-order valence-corrected chi connectivity index (χ0v) is 8.91. The molecule has 1 aliphatic heterocycles. The van der Waals surface area contributed by atoms with Crippen LogP contribution in [-0.4, -0.2) is 34.2 Å². The van der Waals surface area contributed by atoms with Crippen LogP contribution in [0.3, 0.4) is 0 Å². The van der Waals surface area contributed by atoms with Crippen molar-refractivity contribution in [3.8, 4) is 0 Å². The van der Waals surface area contributed by atoms with Crippen LogP contribution in [0.2, 0.25) is 0 Å². The molecule has 17 heavy (non-hydrogen) atoms. The second-order valence-corrected chi connectivity index (χ2v) is 3.67. The van der Waals surface area contributed by atoms with Crippen LogP contribution in [0.1, 0.15) is 27.6 Å². The lowest BCUT2D eigenvalue weighted by atomic mass is 10.1. The molecule has 90 valence electrons. The van der Waals surface area contributed by atoms with Gasteiger partial charge in [0.2, 0.25) is 0 Å². The summed E-state index contributed by atoms with van der Waals surface area (Å²) in [5.41, 5.74) is 0.191. The van der Waals surface area contributed by atoms with Gasteiger partial charge in [0.25, 0.3) is 0 Å². The zero-order chi connectivity index (χ0) is 12.6. The summed E-state index contributed by atoms with van der Waals surface area (Å²) in [6.07, 6.45) is -1.57. The van der Waals surface area contributed by atoms with Crippen LogP contribution < -0.4 is 0 Å². The van der Waals surface area contributed by atoms with E-state index in [1.807, 2.05) is 0 Å². The molecule has 1 heterocycles. The minimum Gasteiger partial charge on any atom is -0.392 e. The molecule has 0 amide bonds. The van der Waals surface area contributed by atoms with E-state index in [4.69, 9.17) is 0 Å². The predicted octanol–water partition coefficient (Wildman–Crippen LogP) is 0.0407. The summed E-state index contributed by atoms with van der Waals surface area (Å²) in [5.74, 6) is -4.44. The summed E-state index contributed by atoms with van der Waals surface area (Å²) in [7, 11) is 0. The molecular formula is C11H10O6. The maximum atomic E-state index is 11.6. The maximum absolute atomic E-state index is 11.6. The van der Waals surface area contributed by atoms with Gasteiger partial charge in [0.05, 0.1) is 11.1 Å². The highest BCUT2D eigenvalue weighted by Gasteiger charge is 2.44. The molecule has 2 N–H and O–H groups in total. The van der Waals surface area contributed by atoms with Gasteiger partial charge in [-0.05, 0) is 25.1 Å². The third-order valence-corrected chi connectivity index (χ3v) is 2.34. The molecule has 2 bridgehead atoms. The largest absolute Gasteiger partial charge is 0.401 e. The first-order valence-electron chi connectivity index (χ1n) is 4.89. The van der Waals surface area contributed by atoms with Gasteiger partial charge in [0.1, 0.15) is 0 Å². The number of fused-ring (bicyclic) bond motifs is 2. The van der Waals surface area contributed by atoms with Crippen LogP contribution in [-0.2, 0) is 9.47 Å². The normalized spacial score (nSPS) is 19.7. The molecule has 0 radical (unpaired) electrons. The number of hydrogen-bond donors (Lipinski definition) is 2. The van der Waals surface area contributed by atoms with Crippen molar-refractivity contribution in [2.24, 2.45) is 0 Å². The molecule has 0 saturated heterocycles. The van der Waals surface area contributed by atoms with Crippen molar-refractivity contribution in [2.45, 2.75) is 19.0 Å². The minimum atomic E-state index is -2.67. The quantitative estimate of drug-likeness (QED) is 0.671. The van der Waals surface area contributed by atoms with Gasteiger partial charge < -0.3 is 19.7 Å². The van der Waals surface area contributed by atoms with Crippen LogP contribution in [0.15, 0.2) is 24.3 Å². The molecule has 0 saturated carbocycles. The third kappa shape index (κ3) is 2.00. The van der Waals surface area contributed by atoms with Crippen molar-refractivity contribution >= 4 is 11.9 Å². The van der Waals surface area contributed by atoms with E-state index in [9.17, 15) is 19.8 Å². The summed E-state index contributed by atoms with van der Waals surface area (Å²) < 4.78 is 9.15. The van der Waals surface area contributed by atoms with Crippen LogP contribution >= 0.6 is 0 Å². The Kier molecular flexibility index (Phi) is 2.60. The number of benzene rings is 1. The van der Waals surface area contributed by atoms with E-state index in [-0.39, 0.29) is 11.1 Å². The number of rotatable bonds is 1. The van der Waals surface area contributed by atoms with Crippen molar-refractivity contribution in [3.05, 3.63) is 35.4 Å². The van der Waals surface area contributed by atoms with Crippen LogP contribution in [0, 0.1) is 0 Å². The van der Waals surface area contributed by atoms with E-state index in [0.29, 0.717) is 0 Å². The van der Waals surface area contributed by atoms with Crippen molar-refractivity contribution in [2.75, 3.05) is 0 Å². The van der Waals surface area contributed by atoms with Gasteiger partial charge in [0, 0.05) is 0 Å². The van der Waals surface area contributed by atoms with Gasteiger partial charge in [-0.15, -0.1) is 0 Å². The maximum Gasteiger partial charge on any atom is 0.401 e. The Bertz CT molecular complexity index is 445. The van der Waals surface area contributed by atoms with Crippen LogP contribution in [0.25, 0.3) is 0 Å². The first kappa shape index (κ1) is 11.6. The van der Waals surface area contributed by atoms with E-state index in [2.05, 4.69) is 9.47 Å². The van der Waals surface area contributed by atoms with Crippen LogP contribution in [0.4, 0.5) is 0 Å². The molecule has 6 heteroatoms. The number of aliphatic hydroxyl groups excluding tert-OH is 1. The topological polar surface area (TPSA) is 93.1 Å². The average molecular weight is 238 g/mol. The van der Waals surface area contributed by atoms with Gasteiger partial charge in [-0.2, -0.15) is 0 Å². The fourth-order valence-electron chi connectivity index (χ4n) is 1.35.